The van der Waals surface area contributed by atoms with Crippen molar-refractivity contribution in [1.29, 1.82) is 0 Å². The first-order chi connectivity index (χ1) is 13.2. The highest BCUT2D eigenvalue weighted by atomic mass is 35.5. The number of ether oxygens (including phenoxy) is 1. The molecule has 1 fully saturated rings. The van der Waals surface area contributed by atoms with E-state index in [-0.39, 0.29) is 16.3 Å². The van der Waals surface area contributed by atoms with E-state index in [0.717, 1.165) is 35.0 Å². The first kappa shape index (κ1) is 18.7. The summed E-state index contributed by atoms with van der Waals surface area (Å²) in [5.41, 5.74) is 3.02. The number of aromatic carboxylic acids is 1. The van der Waals surface area contributed by atoms with Crippen molar-refractivity contribution < 1.29 is 27.8 Å². The van der Waals surface area contributed by atoms with Gasteiger partial charge < -0.3 is 14.8 Å². The van der Waals surface area contributed by atoms with Crippen LogP contribution in [0, 0.1) is 0 Å². The number of hydrogen-bond donors (Lipinski definition) is 2. The van der Waals surface area contributed by atoms with Crippen molar-refractivity contribution >= 4 is 28.5 Å². The highest BCUT2D eigenvalue weighted by Gasteiger charge is 2.31. The molecule has 2 aromatic carbocycles. The van der Waals surface area contributed by atoms with Gasteiger partial charge in [-0.1, -0.05) is 17.7 Å². The Balaban J connectivity index is 1.70. The summed E-state index contributed by atoms with van der Waals surface area (Å²) < 4.78 is 41.2. The van der Waals surface area contributed by atoms with Crippen molar-refractivity contribution in [3.05, 3.63) is 63.8 Å². The molecule has 1 saturated carbocycles. The molecule has 1 aliphatic carbocycles. The number of carbonyl (C=O) groups is 1. The molecule has 0 saturated heterocycles. The third-order valence-corrected chi connectivity index (χ3v) is 5.21. The number of fused-ring (bicyclic) bond motifs is 1. The van der Waals surface area contributed by atoms with Gasteiger partial charge in [-0.15, -0.1) is 13.2 Å². The number of H-pyrrole nitrogens is 1. The van der Waals surface area contributed by atoms with E-state index in [2.05, 4.69) is 9.72 Å². The largest absolute Gasteiger partial charge is 0.573 e. The predicted molar refractivity (Wildman–Crippen MR) is 98.2 cm³/mol. The van der Waals surface area contributed by atoms with Gasteiger partial charge in [-0.3, -0.25) is 0 Å². The lowest BCUT2D eigenvalue weighted by Crippen LogP contribution is -2.16. The first-order valence-corrected chi connectivity index (χ1v) is 9.01. The average molecular weight is 410 g/mol. The van der Waals surface area contributed by atoms with E-state index in [0.29, 0.717) is 17.9 Å². The Labute approximate surface area is 162 Å². The fourth-order valence-corrected chi connectivity index (χ4v) is 3.73. The van der Waals surface area contributed by atoms with Crippen LogP contribution in [0.25, 0.3) is 10.9 Å². The maximum absolute atomic E-state index is 12.4. The van der Waals surface area contributed by atoms with Crippen molar-refractivity contribution in [2.24, 2.45) is 0 Å². The SMILES string of the molecule is O=C(O)c1ccc(C2CC2)c(Cc2cc3ccc(OC(F)(F)F)cc3[nH]2)c1Cl. The van der Waals surface area contributed by atoms with E-state index in [4.69, 9.17) is 11.6 Å². The molecule has 0 unspecified atom stereocenters. The van der Waals surface area contributed by atoms with Gasteiger partial charge in [0.1, 0.15) is 5.75 Å². The highest BCUT2D eigenvalue weighted by Crippen LogP contribution is 2.44. The molecule has 8 heteroatoms. The second-order valence-corrected chi connectivity index (χ2v) is 7.22. The third kappa shape index (κ3) is 3.80. The van der Waals surface area contributed by atoms with Crippen molar-refractivity contribution in [3.8, 4) is 5.75 Å². The van der Waals surface area contributed by atoms with Crippen molar-refractivity contribution in [3.63, 3.8) is 0 Å². The number of halogens is 4. The topological polar surface area (TPSA) is 62.3 Å². The van der Waals surface area contributed by atoms with Crippen molar-refractivity contribution in [2.75, 3.05) is 0 Å². The molecule has 0 spiro atoms. The van der Waals surface area contributed by atoms with E-state index in [1.165, 1.54) is 24.3 Å². The Morgan fingerprint density at radius 1 is 1.21 bits per heavy atom. The van der Waals surface area contributed by atoms with Crippen LogP contribution in [-0.4, -0.2) is 22.4 Å². The number of rotatable bonds is 5. The number of aromatic amines is 1. The van der Waals surface area contributed by atoms with Gasteiger partial charge in [-0.2, -0.15) is 0 Å². The molecule has 1 aliphatic rings. The molecule has 0 radical (unpaired) electrons. The zero-order valence-corrected chi connectivity index (χ0v) is 15.2. The molecule has 3 aromatic rings. The summed E-state index contributed by atoms with van der Waals surface area (Å²) in [6.07, 6.45) is -2.34. The van der Waals surface area contributed by atoms with Crippen LogP contribution in [0.1, 0.15) is 45.9 Å². The molecule has 0 atom stereocenters. The van der Waals surface area contributed by atoms with Crippen LogP contribution in [-0.2, 0) is 6.42 Å². The van der Waals surface area contributed by atoms with Crippen molar-refractivity contribution in [2.45, 2.75) is 31.5 Å². The molecule has 28 heavy (non-hydrogen) atoms. The number of aromatic nitrogens is 1. The summed E-state index contributed by atoms with van der Waals surface area (Å²) in [5.74, 6) is -1.04. The Bertz CT molecular complexity index is 1070. The molecule has 0 amide bonds. The molecule has 146 valence electrons. The van der Waals surface area contributed by atoms with E-state index in [1.807, 2.05) is 6.07 Å². The lowest BCUT2D eigenvalue weighted by Gasteiger charge is -2.12. The number of nitrogens with one attached hydrogen (secondary N) is 1. The maximum Gasteiger partial charge on any atom is 0.573 e. The van der Waals surface area contributed by atoms with Gasteiger partial charge in [0, 0.05) is 23.7 Å². The summed E-state index contributed by atoms with van der Waals surface area (Å²) >= 11 is 6.39. The lowest BCUT2D eigenvalue weighted by molar-refractivity contribution is -0.274. The Hall–Kier alpha value is -2.67. The first-order valence-electron chi connectivity index (χ1n) is 8.63. The fourth-order valence-electron chi connectivity index (χ4n) is 3.41. The van der Waals surface area contributed by atoms with Gasteiger partial charge in [0.15, 0.2) is 0 Å². The van der Waals surface area contributed by atoms with Gasteiger partial charge >= 0.3 is 12.3 Å². The molecule has 0 bridgehead atoms. The van der Waals surface area contributed by atoms with Crippen molar-refractivity contribution in [1.82, 2.24) is 4.98 Å². The molecular weight excluding hydrogens is 395 g/mol. The summed E-state index contributed by atoms with van der Waals surface area (Å²) in [7, 11) is 0. The third-order valence-electron chi connectivity index (χ3n) is 4.78. The summed E-state index contributed by atoms with van der Waals surface area (Å²) in [5, 5.41) is 10.3. The van der Waals surface area contributed by atoms with Crippen LogP contribution in [0.4, 0.5) is 13.2 Å². The van der Waals surface area contributed by atoms with Crippen LogP contribution in [0.15, 0.2) is 36.4 Å². The number of hydrogen-bond acceptors (Lipinski definition) is 2. The van der Waals surface area contributed by atoms with Crippen LogP contribution in [0.5, 0.6) is 5.75 Å². The van der Waals surface area contributed by atoms with E-state index in [1.54, 1.807) is 6.07 Å². The fraction of sp³-hybridized carbons (Fsp3) is 0.250. The number of benzene rings is 2. The number of carboxylic acid groups (broad SMARTS) is 1. The summed E-state index contributed by atoms with van der Waals surface area (Å²) in [6.45, 7) is 0. The van der Waals surface area contributed by atoms with Crippen LogP contribution >= 0.6 is 11.6 Å². The predicted octanol–water partition coefficient (Wildman–Crippen LogP) is 5.89. The monoisotopic (exact) mass is 409 g/mol. The number of alkyl halides is 3. The highest BCUT2D eigenvalue weighted by molar-refractivity contribution is 6.34. The minimum absolute atomic E-state index is 0.0399. The molecule has 4 nitrogen and oxygen atoms in total. The Morgan fingerprint density at radius 3 is 2.61 bits per heavy atom. The van der Waals surface area contributed by atoms with Gasteiger partial charge in [-0.25, -0.2) is 4.79 Å². The van der Waals surface area contributed by atoms with Gasteiger partial charge in [0.2, 0.25) is 0 Å². The normalized spacial score (nSPS) is 14.4. The molecule has 1 heterocycles. The summed E-state index contributed by atoms with van der Waals surface area (Å²) in [4.78, 5) is 14.5. The van der Waals surface area contributed by atoms with Gasteiger partial charge in [0.25, 0.3) is 0 Å². The second-order valence-electron chi connectivity index (χ2n) is 6.84. The number of carboxylic acids is 1. The van der Waals surface area contributed by atoms with E-state index >= 15 is 0 Å². The average Bonchev–Trinajstić information content (AvgIpc) is 3.35. The molecule has 4 rings (SSSR count). The maximum atomic E-state index is 12.4. The Morgan fingerprint density at radius 2 is 1.96 bits per heavy atom. The van der Waals surface area contributed by atoms with Gasteiger partial charge in [-0.05, 0) is 59.5 Å². The smallest absolute Gasteiger partial charge is 0.478 e. The zero-order valence-electron chi connectivity index (χ0n) is 14.4. The zero-order chi connectivity index (χ0) is 20.1. The molecule has 0 aliphatic heterocycles. The van der Waals surface area contributed by atoms with Crippen LogP contribution < -0.4 is 4.74 Å². The standard InChI is InChI=1S/C20H15ClF3NO3/c21-18-15(19(26)27)6-5-14(10-1-2-10)16(18)8-12-7-11-3-4-13(9-17(11)25-12)28-20(22,23)24/h3-7,9-10,25H,1-2,8H2,(H,26,27). The lowest BCUT2D eigenvalue weighted by atomic mass is 9.96. The minimum atomic E-state index is -4.76. The van der Waals surface area contributed by atoms with Crippen LogP contribution in [0.2, 0.25) is 5.02 Å². The Kier molecular flexibility index (Phi) is 4.50. The van der Waals surface area contributed by atoms with E-state index in [9.17, 15) is 23.1 Å². The minimum Gasteiger partial charge on any atom is -0.478 e. The van der Waals surface area contributed by atoms with Crippen LogP contribution in [0.3, 0.4) is 0 Å². The van der Waals surface area contributed by atoms with Gasteiger partial charge in [0.05, 0.1) is 10.6 Å². The molecular formula is C20H15ClF3NO3. The quantitative estimate of drug-likeness (QED) is 0.552. The molecule has 1 aromatic heterocycles. The van der Waals surface area contributed by atoms with E-state index < -0.39 is 12.3 Å². The molecule has 2 N–H and O–H groups in total. The summed E-state index contributed by atoms with van der Waals surface area (Å²) in [6, 6.07) is 9.21. The second kappa shape index (κ2) is 6.74.